The fraction of sp³-hybridized carbons (Fsp3) is 0.345. The molecule has 2 heterocycles. The number of carbonyl (C=O) groups excluding carboxylic acids is 2. The van der Waals surface area contributed by atoms with Crippen LogP contribution in [0.1, 0.15) is 66.2 Å². The van der Waals surface area contributed by atoms with Crippen molar-refractivity contribution in [2.75, 3.05) is 13.2 Å². The number of allylic oxidation sites excluding steroid dienone is 1. The van der Waals surface area contributed by atoms with Gasteiger partial charge in [-0.05, 0) is 86.4 Å². The van der Waals surface area contributed by atoms with Crippen LogP contribution in [0.25, 0.3) is 22.6 Å². The Balaban J connectivity index is 1.49. The van der Waals surface area contributed by atoms with E-state index in [1.54, 1.807) is 12.1 Å². The number of carbonyl (C=O) groups is 2. The van der Waals surface area contributed by atoms with Crippen molar-refractivity contribution in [3.05, 3.63) is 70.9 Å². The average Bonchev–Trinajstić information content (AvgIpc) is 2.87. The van der Waals surface area contributed by atoms with Gasteiger partial charge in [-0.25, -0.2) is 9.78 Å². The Bertz CT molecular complexity index is 1300. The summed E-state index contributed by atoms with van der Waals surface area (Å²) < 4.78 is 5.63. The van der Waals surface area contributed by atoms with Crippen molar-refractivity contribution in [2.45, 2.75) is 51.5 Å². The maximum atomic E-state index is 13.4. The number of amides is 1. The van der Waals surface area contributed by atoms with Crippen LogP contribution in [0.4, 0.5) is 0 Å². The Kier molecular flexibility index (Phi) is 6.53. The molecule has 0 unspecified atom stereocenters. The second kappa shape index (κ2) is 9.90. The Morgan fingerprint density at radius 2 is 1.89 bits per heavy atom. The molecule has 2 aromatic carbocycles. The summed E-state index contributed by atoms with van der Waals surface area (Å²) in [6.45, 7) is 2.52. The molecule has 0 radical (unpaired) electrons. The molecule has 6 heteroatoms. The summed E-state index contributed by atoms with van der Waals surface area (Å²) in [5.74, 6) is -0.381. The van der Waals surface area contributed by atoms with Crippen molar-refractivity contribution in [2.24, 2.45) is 0 Å². The Morgan fingerprint density at radius 3 is 2.69 bits per heavy atom. The van der Waals surface area contributed by atoms with E-state index in [0.717, 1.165) is 78.4 Å². The van der Waals surface area contributed by atoms with E-state index in [0.29, 0.717) is 5.56 Å². The monoisotopic (exact) mass is 470 g/mol. The van der Waals surface area contributed by atoms with Crippen LogP contribution in [0.5, 0.6) is 5.75 Å². The number of aromatic nitrogens is 1. The summed E-state index contributed by atoms with van der Waals surface area (Å²) in [4.78, 5) is 33.0. The maximum absolute atomic E-state index is 13.4. The van der Waals surface area contributed by atoms with E-state index in [9.17, 15) is 14.7 Å². The number of rotatable bonds is 4. The number of benzene rings is 2. The quantitative estimate of drug-likeness (QED) is 0.518. The van der Waals surface area contributed by atoms with Crippen LogP contribution in [0.2, 0.25) is 0 Å². The number of likely N-dealkylation sites (tertiary alicyclic amines) is 1. The third-order valence-corrected chi connectivity index (χ3v) is 7.06. The summed E-state index contributed by atoms with van der Waals surface area (Å²) in [7, 11) is 0. The highest BCUT2D eigenvalue weighted by atomic mass is 16.5. The average molecular weight is 471 g/mol. The van der Waals surface area contributed by atoms with Crippen LogP contribution >= 0.6 is 0 Å². The molecule has 1 aliphatic carbocycles. The lowest BCUT2D eigenvalue weighted by Crippen LogP contribution is -2.44. The molecule has 2 aliphatic rings. The smallest absolute Gasteiger partial charge is 0.339 e. The lowest BCUT2D eigenvalue weighted by Gasteiger charge is -2.33. The molecule has 1 aromatic heterocycles. The zero-order valence-corrected chi connectivity index (χ0v) is 20.0. The first-order valence-electron chi connectivity index (χ1n) is 12.4. The minimum atomic E-state index is -0.469. The SMILES string of the molecule is C[C@H]1CCCCN1C(=O)COC(=O)c1c2c(nc3ccccc13)/C(=C\c1ccc(O)cc1)CCC2. The van der Waals surface area contributed by atoms with Gasteiger partial charge >= 0.3 is 5.97 Å². The standard InChI is InChI=1S/C29H30N2O4/c1-19-7-4-5-16-31(19)26(33)18-35-29(34)27-23-9-2-3-11-25(23)30-28-21(8-6-10-24(27)28)17-20-12-14-22(32)15-13-20/h2-3,9,11-15,17,19,32H,4-8,10,16,18H2,1H3/b21-17-/t19-/m0/s1. The van der Waals surface area contributed by atoms with Gasteiger partial charge in [-0.2, -0.15) is 0 Å². The highest BCUT2D eigenvalue weighted by Gasteiger charge is 2.28. The van der Waals surface area contributed by atoms with E-state index in [2.05, 4.69) is 6.08 Å². The number of nitrogens with zero attached hydrogens (tertiary/aromatic N) is 2. The minimum absolute atomic E-state index is 0.134. The van der Waals surface area contributed by atoms with E-state index >= 15 is 0 Å². The van der Waals surface area contributed by atoms with Crippen molar-refractivity contribution in [1.82, 2.24) is 9.88 Å². The molecule has 1 atom stereocenters. The molecule has 35 heavy (non-hydrogen) atoms. The molecular formula is C29H30N2O4. The summed E-state index contributed by atoms with van der Waals surface area (Å²) in [6.07, 6.45) is 7.62. The number of fused-ring (bicyclic) bond motifs is 2. The van der Waals surface area contributed by atoms with Crippen LogP contribution < -0.4 is 0 Å². The van der Waals surface area contributed by atoms with E-state index in [1.165, 1.54) is 0 Å². The van der Waals surface area contributed by atoms with Gasteiger partial charge in [-0.15, -0.1) is 0 Å². The normalized spacial score (nSPS) is 18.9. The molecule has 3 aromatic rings. The zero-order valence-electron chi connectivity index (χ0n) is 20.0. The lowest BCUT2D eigenvalue weighted by molar-refractivity contribution is -0.137. The maximum Gasteiger partial charge on any atom is 0.339 e. The van der Waals surface area contributed by atoms with Gasteiger partial charge in [0.1, 0.15) is 5.75 Å². The van der Waals surface area contributed by atoms with Crippen LogP contribution in [0.3, 0.4) is 0 Å². The molecule has 1 saturated heterocycles. The Labute approximate surface area is 205 Å². The van der Waals surface area contributed by atoms with Crippen molar-refractivity contribution in [1.29, 1.82) is 0 Å². The number of phenolic OH excluding ortho intramolecular Hbond substituents is 1. The molecule has 1 fully saturated rings. The number of aromatic hydroxyl groups is 1. The minimum Gasteiger partial charge on any atom is -0.508 e. The molecule has 0 spiro atoms. The van der Waals surface area contributed by atoms with Gasteiger partial charge in [0.15, 0.2) is 6.61 Å². The third-order valence-electron chi connectivity index (χ3n) is 7.06. The molecule has 1 amide bonds. The molecular weight excluding hydrogens is 440 g/mol. The number of ether oxygens (including phenoxy) is 1. The fourth-order valence-corrected chi connectivity index (χ4v) is 5.23. The van der Waals surface area contributed by atoms with E-state index in [4.69, 9.17) is 9.72 Å². The molecule has 1 N–H and O–H groups in total. The molecule has 180 valence electrons. The van der Waals surface area contributed by atoms with Crippen LogP contribution in [-0.2, 0) is 16.0 Å². The lowest BCUT2D eigenvalue weighted by atomic mass is 9.86. The molecule has 0 bridgehead atoms. The number of para-hydroxylation sites is 1. The third kappa shape index (κ3) is 4.78. The summed E-state index contributed by atoms with van der Waals surface area (Å²) in [5.41, 5.74) is 4.95. The van der Waals surface area contributed by atoms with Crippen molar-refractivity contribution in [3.63, 3.8) is 0 Å². The predicted molar refractivity (Wildman–Crippen MR) is 136 cm³/mol. The highest BCUT2D eigenvalue weighted by molar-refractivity contribution is 6.07. The molecule has 0 saturated carbocycles. The second-order valence-electron chi connectivity index (χ2n) is 9.45. The van der Waals surface area contributed by atoms with Gasteiger partial charge in [0.05, 0.1) is 16.8 Å². The Morgan fingerprint density at radius 1 is 1.09 bits per heavy atom. The largest absolute Gasteiger partial charge is 0.508 e. The van der Waals surface area contributed by atoms with Gasteiger partial charge in [0.25, 0.3) is 5.91 Å². The second-order valence-corrected chi connectivity index (χ2v) is 9.45. The number of hydrogen-bond donors (Lipinski definition) is 1. The molecule has 1 aliphatic heterocycles. The first-order valence-corrected chi connectivity index (χ1v) is 12.4. The van der Waals surface area contributed by atoms with Crippen molar-refractivity contribution < 1.29 is 19.4 Å². The first-order chi connectivity index (χ1) is 17.0. The van der Waals surface area contributed by atoms with Crippen molar-refractivity contribution >= 4 is 34.4 Å². The number of pyridine rings is 1. The van der Waals surface area contributed by atoms with Crippen LogP contribution in [-0.4, -0.2) is 46.1 Å². The predicted octanol–water partition coefficient (Wildman–Crippen LogP) is 5.38. The van der Waals surface area contributed by atoms with Gasteiger partial charge in [-0.1, -0.05) is 30.3 Å². The van der Waals surface area contributed by atoms with Crippen molar-refractivity contribution in [3.8, 4) is 5.75 Å². The van der Waals surface area contributed by atoms with Gasteiger partial charge in [0.2, 0.25) is 0 Å². The molecule has 5 rings (SSSR count). The van der Waals surface area contributed by atoms with Crippen LogP contribution in [0, 0.1) is 0 Å². The summed E-state index contributed by atoms with van der Waals surface area (Å²) in [6, 6.07) is 14.8. The zero-order chi connectivity index (χ0) is 24.4. The number of piperidine rings is 1. The van der Waals surface area contributed by atoms with E-state index in [1.807, 2.05) is 48.2 Å². The van der Waals surface area contributed by atoms with E-state index in [-0.39, 0.29) is 24.3 Å². The number of phenols is 1. The van der Waals surface area contributed by atoms with Gasteiger partial charge in [0, 0.05) is 18.0 Å². The van der Waals surface area contributed by atoms with Gasteiger partial charge in [-0.3, -0.25) is 4.79 Å². The summed E-state index contributed by atoms with van der Waals surface area (Å²) >= 11 is 0. The van der Waals surface area contributed by atoms with Gasteiger partial charge < -0.3 is 14.7 Å². The summed E-state index contributed by atoms with van der Waals surface area (Å²) in [5, 5.41) is 10.4. The van der Waals surface area contributed by atoms with E-state index < -0.39 is 5.97 Å². The topological polar surface area (TPSA) is 79.7 Å². The Hall–Kier alpha value is -3.67. The van der Waals surface area contributed by atoms with Crippen LogP contribution in [0.15, 0.2) is 48.5 Å². The first kappa shape index (κ1) is 23.1. The molecule has 6 nitrogen and oxygen atoms in total. The number of esters is 1. The number of hydrogen-bond acceptors (Lipinski definition) is 5. The fourth-order valence-electron chi connectivity index (χ4n) is 5.23. The highest BCUT2D eigenvalue weighted by Crippen LogP contribution is 2.36.